The molecule has 0 heterocycles. The highest BCUT2D eigenvalue weighted by Crippen LogP contribution is 2.21. The van der Waals surface area contributed by atoms with Crippen LogP contribution in [0.3, 0.4) is 0 Å². The van der Waals surface area contributed by atoms with Crippen LogP contribution in [0.15, 0.2) is 40.6 Å². The second-order valence-electron chi connectivity index (χ2n) is 4.83. The molecule has 0 aliphatic heterocycles. The lowest BCUT2D eigenvalue weighted by molar-refractivity contribution is -0.113. The highest BCUT2D eigenvalue weighted by atomic mass is 16.3. The zero-order valence-electron chi connectivity index (χ0n) is 11.6. The number of nitrogen functional groups attached to an aromatic ring is 1. The highest BCUT2D eigenvalue weighted by molar-refractivity contribution is 6.13. The van der Waals surface area contributed by atoms with Gasteiger partial charge in [0.2, 0.25) is 0 Å². The molecule has 0 saturated carbocycles. The molecule has 0 saturated heterocycles. The van der Waals surface area contributed by atoms with Gasteiger partial charge in [-0.05, 0) is 25.0 Å². The van der Waals surface area contributed by atoms with Crippen LogP contribution in [0.25, 0.3) is 0 Å². The number of hydrogen-bond acceptors (Lipinski definition) is 4. The van der Waals surface area contributed by atoms with Crippen molar-refractivity contribution in [3.63, 3.8) is 0 Å². The van der Waals surface area contributed by atoms with Crippen molar-refractivity contribution in [2.24, 2.45) is 10.9 Å². The molecule has 3 N–H and O–H groups in total. The van der Waals surface area contributed by atoms with E-state index in [1.165, 1.54) is 13.1 Å². The van der Waals surface area contributed by atoms with Crippen molar-refractivity contribution >= 4 is 23.4 Å². The van der Waals surface area contributed by atoms with E-state index in [0.29, 0.717) is 17.8 Å². The second-order valence-corrected chi connectivity index (χ2v) is 4.83. The fourth-order valence-electron chi connectivity index (χ4n) is 1.60. The molecule has 4 nitrogen and oxygen atoms in total. The lowest BCUT2D eigenvalue weighted by Crippen LogP contribution is -2.05. The van der Waals surface area contributed by atoms with Crippen LogP contribution in [0, 0.1) is 5.92 Å². The monoisotopic (exact) mass is 260 g/mol. The summed E-state index contributed by atoms with van der Waals surface area (Å²) in [5.41, 5.74) is 7.11. The number of Topliss-reactive ketones (excluding diaryl/α,β-unsaturated/α-hetero) is 1. The van der Waals surface area contributed by atoms with Crippen molar-refractivity contribution in [1.29, 1.82) is 0 Å². The first kappa shape index (κ1) is 15.0. The fourth-order valence-corrected chi connectivity index (χ4v) is 1.60. The van der Waals surface area contributed by atoms with Gasteiger partial charge in [0, 0.05) is 12.6 Å². The summed E-state index contributed by atoms with van der Waals surface area (Å²) in [6, 6.07) is 7.11. The molecule has 0 aromatic heterocycles. The van der Waals surface area contributed by atoms with Gasteiger partial charge in [-0.25, -0.2) is 0 Å². The molecule has 1 aromatic carbocycles. The van der Waals surface area contributed by atoms with Crippen LogP contribution < -0.4 is 5.73 Å². The summed E-state index contributed by atoms with van der Waals surface area (Å²) in [4.78, 5) is 15.7. The molecule has 102 valence electrons. The molecular weight excluding hydrogens is 240 g/mol. The van der Waals surface area contributed by atoms with Crippen LogP contribution in [0.5, 0.6) is 0 Å². The summed E-state index contributed by atoms with van der Waals surface area (Å²) in [6.07, 6.45) is 1.83. The molecule has 0 unspecified atom stereocenters. The molecule has 4 heteroatoms. The molecule has 0 bridgehead atoms. The van der Waals surface area contributed by atoms with Gasteiger partial charge in [-0.1, -0.05) is 26.0 Å². The third-order valence-corrected chi connectivity index (χ3v) is 2.56. The molecule has 0 aliphatic carbocycles. The summed E-state index contributed by atoms with van der Waals surface area (Å²) >= 11 is 0. The Labute approximate surface area is 113 Å². The van der Waals surface area contributed by atoms with Gasteiger partial charge in [-0.15, -0.1) is 0 Å². The minimum absolute atomic E-state index is 0.0701. The van der Waals surface area contributed by atoms with E-state index in [2.05, 4.69) is 4.99 Å². The van der Waals surface area contributed by atoms with Crippen molar-refractivity contribution in [3.05, 3.63) is 35.6 Å². The van der Waals surface area contributed by atoms with Crippen LogP contribution in [-0.2, 0) is 4.79 Å². The molecule has 0 fully saturated rings. The number of carbonyl (C=O) groups excluding carboxylic acids is 1. The third-order valence-electron chi connectivity index (χ3n) is 2.56. The maximum absolute atomic E-state index is 11.5. The number of aliphatic imine (C=N–C) groups is 1. The van der Waals surface area contributed by atoms with Crippen LogP contribution in [0.2, 0.25) is 0 Å². The fraction of sp³-hybridized carbons (Fsp3) is 0.333. The molecule has 0 aliphatic rings. The quantitative estimate of drug-likeness (QED) is 0.368. The van der Waals surface area contributed by atoms with Gasteiger partial charge in [-0.3, -0.25) is 9.79 Å². The predicted octanol–water partition coefficient (Wildman–Crippen LogP) is 3.42. The molecule has 1 rings (SSSR count). The van der Waals surface area contributed by atoms with Crippen molar-refractivity contribution in [3.8, 4) is 0 Å². The lowest BCUT2D eigenvalue weighted by Gasteiger charge is -2.06. The van der Waals surface area contributed by atoms with Crippen LogP contribution >= 0.6 is 0 Å². The first-order chi connectivity index (χ1) is 8.91. The number of para-hydroxylation sites is 2. The highest BCUT2D eigenvalue weighted by Gasteiger charge is 2.10. The zero-order chi connectivity index (χ0) is 14.4. The van der Waals surface area contributed by atoms with Gasteiger partial charge in [-0.2, -0.15) is 0 Å². The Kier molecular flexibility index (Phi) is 5.30. The molecule has 0 spiro atoms. The average Bonchev–Trinajstić information content (AvgIpc) is 2.30. The van der Waals surface area contributed by atoms with Gasteiger partial charge in [0.1, 0.15) is 5.76 Å². The Hall–Kier alpha value is -2.10. The van der Waals surface area contributed by atoms with Crippen LogP contribution in [0.1, 0.15) is 27.2 Å². The van der Waals surface area contributed by atoms with Crippen molar-refractivity contribution < 1.29 is 9.90 Å². The lowest BCUT2D eigenvalue weighted by atomic mass is 10.0. The molecule has 0 radical (unpaired) electrons. The third kappa shape index (κ3) is 4.58. The summed E-state index contributed by atoms with van der Waals surface area (Å²) in [7, 11) is 0. The van der Waals surface area contributed by atoms with E-state index < -0.39 is 0 Å². The number of hydrogen-bond donors (Lipinski definition) is 2. The number of nitrogens with two attached hydrogens (primary N) is 1. The second kappa shape index (κ2) is 6.73. The maximum Gasteiger partial charge on any atom is 0.164 e. The van der Waals surface area contributed by atoms with Crippen LogP contribution in [0.4, 0.5) is 11.4 Å². The van der Waals surface area contributed by atoms with Crippen molar-refractivity contribution in [2.45, 2.75) is 27.2 Å². The van der Waals surface area contributed by atoms with E-state index in [0.717, 1.165) is 0 Å². The van der Waals surface area contributed by atoms with Gasteiger partial charge in [0.25, 0.3) is 0 Å². The van der Waals surface area contributed by atoms with Gasteiger partial charge in [0.15, 0.2) is 5.78 Å². The molecular formula is C15H20N2O2. The molecule has 0 atom stereocenters. The van der Waals surface area contributed by atoms with Crippen molar-refractivity contribution in [1.82, 2.24) is 0 Å². The Morgan fingerprint density at radius 2 is 2.05 bits per heavy atom. The van der Waals surface area contributed by atoms with Gasteiger partial charge < -0.3 is 10.8 Å². The molecule has 1 aromatic rings. The minimum atomic E-state index is -0.212. The van der Waals surface area contributed by atoms with E-state index in [9.17, 15) is 9.90 Å². The first-order valence-electron chi connectivity index (χ1n) is 6.23. The Balaban J connectivity index is 3.04. The standard InChI is InChI=1S/C15H20N2O2/c1-10(2)8-15(19)12(11(3)18)9-17-14-7-5-4-6-13(14)16/h4-7,9-10,19H,8,16H2,1-3H3. The van der Waals surface area contributed by atoms with Crippen LogP contribution in [-0.4, -0.2) is 17.1 Å². The maximum atomic E-state index is 11.5. The van der Waals surface area contributed by atoms with Gasteiger partial charge >= 0.3 is 0 Å². The number of aliphatic hydroxyl groups excluding tert-OH is 1. The van der Waals surface area contributed by atoms with E-state index in [1.54, 1.807) is 12.1 Å². The summed E-state index contributed by atoms with van der Waals surface area (Å²) in [5, 5.41) is 9.93. The van der Waals surface area contributed by atoms with Gasteiger partial charge in [0.05, 0.1) is 16.9 Å². The number of allylic oxidation sites excluding steroid dienone is 2. The largest absolute Gasteiger partial charge is 0.511 e. The summed E-state index contributed by atoms with van der Waals surface area (Å²) in [6.45, 7) is 5.35. The normalized spacial score (nSPS) is 12.8. The smallest absolute Gasteiger partial charge is 0.164 e. The number of ketones is 1. The van der Waals surface area contributed by atoms with E-state index in [-0.39, 0.29) is 23.0 Å². The molecule has 0 amide bonds. The SMILES string of the molecule is CC(=O)C(C=Nc1ccccc1N)=C(O)CC(C)C. The number of benzene rings is 1. The summed E-state index contributed by atoms with van der Waals surface area (Å²) < 4.78 is 0. The first-order valence-corrected chi connectivity index (χ1v) is 6.23. The minimum Gasteiger partial charge on any atom is -0.511 e. The van der Waals surface area contributed by atoms with E-state index in [1.807, 2.05) is 26.0 Å². The van der Waals surface area contributed by atoms with E-state index in [4.69, 9.17) is 5.73 Å². The Bertz CT molecular complexity index is 517. The molecule has 19 heavy (non-hydrogen) atoms. The number of rotatable bonds is 5. The van der Waals surface area contributed by atoms with E-state index >= 15 is 0 Å². The number of nitrogens with zero attached hydrogens (tertiary/aromatic N) is 1. The number of carbonyl (C=O) groups is 1. The Morgan fingerprint density at radius 3 is 2.58 bits per heavy atom. The average molecular weight is 260 g/mol. The summed E-state index contributed by atoms with van der Waals surface area (Å²) in [5.74, 6) is 0.127. The number of aliphatic hydroxyl groups is 1. The van der Waals surface area contributed by atoms with Crippen molar-refractivity contribution in [2.75, 3.05) is 5.73 Å². The topological polar surface area (TPSA) is 75.7 Å². The number of anilines is 1. The predicted molar refractivity (Wildman–Crippen MR) is 78.8 cm³/mol. The Morgan fingerprint density at radius 1 is 1.42 bits per heavy atom. The zero-order valence-corrected chi connectivity index (χ0v) is 11.6.